The smallest absolute Gasteiger partial charge is 0.416 e. The number of para-hydroxylation sites is 1. The van der Waals surface area contributed by atoms with Crippen LogP contribution in [0.4, 0.5) is 18.0 Å². The molecule has 4 aromatic rings. The number of rotatable bonds is 7. The SMILES string of the molecule is CCOc1cc(C(F)(F)F)ccc1C1=NC(c2ccc(Cl)cc2)C(c2ccc(Cl)cc2)N1C(=O)O.CNCc1ccccc1O. The van der Waals surface area contributed by atoms with Crippen molar-refractivity contribution in [2.45, 2.75) is 31.7 Å². The molecule has 236 valence electrons. The molecule has 5 rings (SSSR count). The monoisotopic (exact) mass is 659 g/mol. The zero-order valence-electron chi connectivity index (χ0n) is 24.2. The molecule has 0 radical (unpaired) electrons. The predicted molar refractivity (Wildman–Crippen MR) is 168 cm³/mol. The molecule has 0 saturated carbocycles. The lowest BCUT2D eigenvalue weighted by Gasteiger charge is -2.27. The van der Waals surface area contributed by atoms with Gasteiger partial charge in [-0.1, -0.05) is 65.7 Å². The third-order valence-electron chi connectivity index (χ3n) is 6.90. The summed E-state index contributed by atoms with van der Waals surface area (Å²) in [6.07, 6.45) is -5.91. The van der Waals surface area contributed by atoms with Crippen LogP contribution in [-0.2, 0) is 12.7 Å². The maximum Gasteiger partial charge on any atom is 0.416 e. The van der Waals surface area contributed by atoms with Crippen LogP contribution in [0, 0.1) is 0 Å². The van der Waals surface area contributed by atoms with E-state index in [1.165, 1.54) is 6.07 Å². The zero-order chi connectivity index (χ0) is 32.7. The minimum absolute atomic E-state index is 0.0189. The number of aliphatic imine (C=N–C) groups is 1. The summed E-state index contributed by atoms with van der Waals surface area (Å²) < 4.78 is 45.5. The molecular weight excluding hydrogens is 630 g/mol. The van der Waals surface area contributed by atoms with Crippen molar-refractivity contribution in [3.63, 3.8) is 0 Å². The number of alkyl halides is 3. The van der Waals surface area contributed by atoms with Crippen molar-refractivity contribution in [3.8, 4) is 11.5 Å². The van der Waals surface area contributed by atoms with Gasteiger partial charge in [0.05, 0.1) is 23.8 Å². The summed E-state index contributed by atoms with van der Waals surface area (Å²) >= 11 is 12.1. The summed E-state index contributed by atoms with van der Waals surface area (Å²) in [6, 6.07) is 22.2. The largest absolute Gasteiger partial charge is 0.508 e. The van der Waals surface area contributed by atoms with Gasteiger partial charge in [0.25, 0.3) is 0 Å². The second-order valence-corrected chi connectivity index (χ2v) is 10.8. The van der Waals surface area contributed by atoms with E-state index < -0.39 is 29.9 Å². The van der Waals surface area contributed by atoms with Crippen LogP contribution in [-0.4, -0.2) is 40.7 Å². The molecule has 0 bridgehead atoms. The lowest BCUT2D eigenvalue weighted by atomic mass is 9.94. The van der Waals surface area contributed by atoms with Crippen LogP contribution < -0.4 is 10.1 Å². The second-order valence-electron chi connectivity index (χ2n) is 9.90. The van der Waals surface area contributed by atoms with Crippen molar-refractivity contribution in [2.24, 2.45) is 4.99 Å². The van der Waals surface area contributed by atoms with E-state index in [1.54, 1.807) is 61.5 Å². The van der Waals surface area contributed by atoms with Crippen molar-refractivity contribution in [3.05, 3.63) is 129 Å². The Labute approximate surface area is 268 Å². The quantitative estimate of drug-likeness (QED) is 0.184. The van der Waals surface area contributed by atoms with Crippen LogP contribution in [0.15, 0.2) is 96.0 Å². The number of amides is 1. The fraction of sp³-hybridized carbons (Fsp3) is 0.212. The molecule has 7 nitrogen and oxygen atoms in total. The Balaban J connectivity index is 0.000000392. The van der Waals surface area contributed by atoms with Gasteiger partial charge < -0.3 is 20.3 Å². The van der Waals surface area contributed by atoms with Crippen LogP contribution in [0.2, 0.25) is 10.0 Å². The number of carboxylic acid groups (broad SMARTS) is 1. The summed E-state index contributed by atoms with van der Waals surface area (Å²) in [5, 5.41) is 23.4. The van der Waals surface area contributed by atoms with Crippen molar-refractivity contribution in [1.29, 1.82) is 0 Å². The number of nitrogens with one attached hydrogen (secondary N) is 1. The summed E-state index contributed by atoms with van der Waals surface area (Å²) in [7, 11) is 1.85. The first-order valence-electron chi connectivity index (χ1n) is 13.8. The number of halogens is 5. The van der Waals surface area contributed by atoms with Crippen molar-refractivity contribution in [1.82, 2.24) is 10.2 Å². The third-order valence-corrected chi connectivity index (χ3v) is 7.41. The molecular formula is C33H30Cl2F3N3O4. The Hall–Kier alpha value is -4.25. The molecule has 12 heteroatoms. The summed E-state index contributed by atoms with van der Waals surface area (Å²) in [6.45, 7) is 2.42. The van der Waals surface area contributed by atoms with Crippen LogP contribution in [0.1, 0.15) is 46.8 Å². The Morgan fingerprint density at radius 1 is 0.956 bits per heavy atom. The highest BCUT2D eigenvalue weighted by Gasteiger charge is 2.43. The molecule has 1 heterocycles. The molecule has 0 saturated heterocycles. The molecule has 0 fully saturated rings. The highest BCUT2D eigenvalue weighted by atomic mass is 35.5. The van der Waals surface area contributed by atoms with Crippen LogP contribution >= 0.6 is 23.2 Å². The number of phenols is 1. The Bertz CT molecular complexity index is 1650. The van der Waals surface area contributed by atoms with Gasteiger partial charge in [0.1, 0.15) is 23.4 Å². The molecule has 0 aliphatic carbocycles. The molecule has 1 aliphatic heterocycles. The number of aromatic hydroxyl groups is 1. The first kappa shape index (κ1) is 33.6. The molecule has 0 spiro atoms. The van der Waals surface area contributed by atoms with Gasteiger partial charge in [-0.25, -0.2) is 4.79 Å². The van der Waals surface area contributed by atoms with Gasteiger partial charge in [0.15, 0.2) is 0 Å². The number of amidine groups is 1. The fourth-order valence-electron chi connectivity index (χ4n) is 4.86. The third kappa shape index (κ3) is 8.08. The highest BCUT2D eigenvalue weighted by molar-refractivity contribution is 6.30. The van der Waals surface area contributed by atoms with Gasteiger partial charge in [-0.3, -0.25) is 9.89 Å². The molecule has 0 aromatic heterocycles. The predicted octanol–water partition coefficient (Wildman–Crippen LogP) is 8.75. The standard InChI is InChI=1S/C25H19Cl2F3N2O3.C8H11NO/c1-2-35-20-13-16(25(28,29)30)7-12-19(20)23-31-21(14-3-8-17(26)9-4-14)22(32(23)24(33)34)15-5-10-18(27)11-6-15;1-9-6-7-4-2-3-5-8(7)10/h3-13,21-22H,2H2,1H3,(H,33,34);2-5,9-10H,6H2,1H3. The molecule has 45 heavy (non-hydrogen) atoms. The van der Waals surface area contributed by atoms with Gasteiger partial charge in [0.2, 0.25) is 0 Å². The zero-order valence-corrected chi connectivity index (χ0v) is 25.7. The van der Waals surface area contributed by atoms with E-state index in [9.17, 15) is 28.2 Å². The number of phenolic OH excluding ortho intramolecular Hbond substituents is 1. The molecule has 2 atom stereocenters. The van der Waals surface area contributed by atoms with E-state index >= 15 is 0 Å². The average molecular weight is 661 g/mol. The number of carbonyl (C=O) groups is 1. The lowest BCUT2D eigenvalue weighted by Crippen LogP contribution is -2.37. The van der Waals surface area contributed by atoms with E-state index in [-0.39, 0.29) is 23.8 Å². The normalized spacial score (nSPS) is 16.1. The Kier molecular flexibility index (Phi) is 11.0. The van der Waals surface area contributed by atoms with Gasteiger partial charge in [-0.05, 0) is 73.6 Å². The summed E-state index contributed by atoms with van der Waals surface area (Å²) in [5.41, 5.74) is 1.46. The maximum atomic E-state index is 13.3. The van der Waals surface area contributed by atoms with E-state index in [2.05, 4.69) is 5.32 Å². The minimum Gasteiger partial charge on any atom is -0.508 e. The van der Waals surface area contributed by atoms with E-state index in [4.69, 9.17) is 32.9 Å². The van der Waals surface area contributed by atoms with Gasteiger partial charge in [-0.2, -0.15) is 13.2 Å². The van der Waals surface area contributed by atoms with Crippen molar-refractivity contribution in [2.75, 3.05) is 13.7 Å². The minimum atomic E-state index is -4.59. The van der Waals surface area contributed by atoms with Gasteiger partial charge in [0, 0.05) is 22.2 Å². The van der Waals surface area contributed by atoms with Crippen molar-refractivity contribution >= 4 is 35.1 Å². The number of hydrogen-bond donors (Lipinski definition) is 3. The topological polar surface area (TPSA) is 94.4 Å². The van der Waals surface area contributed by atoms with Crippen molar-refractivity contribution < 1.29 is 32.9 Å². The van der Waals surface area contributed by atoms with Crippen LogP contribution in [0.3, 0.4) is 0 Å². The Morgan fingerprint density at radius 3 is 2.09 bits per heavy atom. The summed E-state index contributed by atoms with van der Waals surface area (Å²) in [5.74, 6) is 0.227. The fourth-order valence-corrected chi connectivity index (χ4v) is 5.12. The molecule has 2 unspecified atom stereocenters. The molecule has 3 N–H and O–H groups in total. The van der Waals surface area contributed by atoms with Crippen LogP contribution in [0.5, 0.6) is 11.5 Å². The highest BCUT2D eigenvalue weighted by Crippen LogP contribution is 2.45. The van der Waals surface area contributed by atoms with E-state index in [0.717, 1.165) is 22.6 Å². The van der Waals surface area contributed by atoms with E-state index in [0.29, 0.717) is 33.5 Å². The van der Waals surface area contributed by atoms with Gasteiger partial charge >= 0.3 is 12.3 Å². The molecule has 1 amide bonds. The van der Waals surface area contributed by atoms with Gasteiger partial charge in [-0.15, -0.1) is 0 Å². The van der Waals surface area contributed by atoms with E-state index in [1.807, 2.05) is 25.2 Å². The number of benzene rings is 4. The first-order valence-corrected chi connectivity index (χ1v) is 14.6. The first-order chi connectivity index (χ1) is 21.4. The number of nitrogens with zero attached hydrogens (tertiary/aromatic N) is 2. The Morgan fingerprint density at radius 2 is 1.56 bits per heavy atom. The molecule has 4 aromatic carbocycles. The average Bonchev–Trinajstić information content (AvgIpc) is 3.40. The summed E-state index contributed by atoms with van der Waals surface area (Å²) in [4.78, 5) is 18.3. The number of hydrogen-bond acceptors (Lipinski definition) is 5. The van der Waals surface area contributed by atoms with Crippen LogP contribution in [0.25, 0.3) is 0 Å². The molecule has 1 aliphatic rings. The number of ether oxygens (including phenoxy) is 1. The maximum absolute atomic E-state index is 13.3. The second kappa shape index (κ2) is 14.7. The lowest BCUT2D eigenvalue weighted by molar-refractivity contribution is -0.137.